The summed E-state index contributed by atoms with van der Waals surface area (Å²) >= 11 is 0. The summed E-state index contributed by atoms with van der Waals surface area (Å²) in [7, 11) is -3.47. The van der Waals surface area contributed by atoms with Gasteiger partial charge in [0, 0.05) is 37.3 Å². The number of hydrogen-bond acceptors (Lipinski definition) is 4. The molecule has 32 heavy (non-hydrogen) atoms. The molecule has 7 heteroatoms. The molecule has 3 aromatic carbocycles. The van der Waals surface area contributed by atoms with Crippen molar-refractivity contribution in [1.82, 2.24) is 9.21 Å². The third-order valence-corrected chi connectivity index (χ3v) is 7.40. The van der Waals surface area contributed by atoms with E-state index in [2.05, 4.69) is 0 Å². The average Bonchev–Trinajstić information content (AvgIpc) is 2.84. The molecule has 1 heterocycles. The summed E-state index contributed by atoms with van der Waals surface area (Å²) in [5.41, 5.74) is 1.94. The molecule has 1 saturated heterocycles. The lowest BCUT2D eigenvalue weighted by Gasteiger charge is -2.34. The molecule has 0 saturated carbocycles. The molecule has 1 fully saturated rings. The summed E-state index contributed by atoms with van der Waals surface area (Å²) in [6, 6.07) is 24.7. The van der Waals surface area contributed by atoms with Crippen molar-refractivity contribution < 1.29 is 18.0 Å². The standard InChI is InChI=1S/C25H24N2O4S/c28-24(21-11-5-2-6-12-21)22-13-7-8-14-23(22)25(29)26-15-17-27(18-16-26)32(30,31)19-20-9-3-1-4-10-20/h1-14H,15-19H2. The van der Waals surface area contributed by atoms with Crippen molar-refractivity contribution in [1.29, 1.82) is 0 Å². The van der Waals surface area contributed by atoms with Crippen molar-refractivity contribution in [3.8, 4) is 0 Å². The van der Waals surface area contributed by atoms with E-state index in [1.54, 1.807) is 65.6 Å². The van der Waals surface area contributed by atoms with Crippen LogP contribution < -0.4 is 0 Å². The average molecular weight is 449 g/mol. The predicted molar refractivity (Wildman–Crippen MR) is 123 cm³/mol. The zero-order valence-electron chi connectivity index (χ0n) is 17.6. The Kier molecular flexibility index (Phi) is 6.48. The van der Waals surface area contributed by atoms with Gasteiger partial charge in [-0.1, -0.05) is 78.9 Å². The van der Waals surface area contributed by atoms with Crippen molar-refractivity contribution in [2.75, 3.05) is 26.2 Å². The first-order valence-corrected chi connectivity index (χ1v) is 12.1. The molecule has 6 nitrogen and oxygen atoms in total. The Balaban J connectivity index is 1.46. The van der Waals surface area contributed by atoms with Gasteiger partial charge < -0.3 is 4.90 Å². The van der Waals surface area contributed by atoms with Crippen LogP contribution in [0, 0.1) is 0 Å². The van der Waals surface area contributed by atoms with Gasteiger partial charge in [0.05, 0.1) is 11.3 Å². The maximum absolute atomic E-state index is 13.2. The van der Waals surface area contributed by atoms with Gasteiger partial charge in [-0.05, 0) is 11.6 Å². The molecule has 0 N–H and O–H groups in total. The van der Waals surface area contributed by atoms with E-state index in [1.807, 2.05) is 24.3 Å². The molecule has 1 amide bonds. The Bertz CT molecular complexity index is 1200. The lowest BCUT2D eigenvalue weighted by Crippen LogP contribution is -2.50. The first kappa shape index (κ1) is 21.9. The van der Waals surface area contributed by atoms with Crippen LogP contribution in [-0.4, -0.2) is 55.5 Å². The minimum atomic E-state index is -3.47. The van der Waals surface area contributed by atoms with E-state index in [9.17, 15) is 18.0 Å². The summed E-state index contributed by atoms with van der Waals surface area (Å²) in [4.78, 5) is 27.8. The molecule has 1 aliphatic heterocycles. The summed E-state index contributed by atoms with van der Waals surface area (Å²) in [5.74, 6) is -0.528. The third-order valence-electron chi connectivity index (χ3n) is 5.55. The first-order chi connectivity index (χ1) is 15.5. The summed E-state index contributed by atoms with van der Waals surface area (Å²) in [6.07, 6.45) is 0. The van der Waals surface area contributed by atoms with E-state index in [-0.39, 0.29) is 43.6 Å². The van der Waals surface area contributed by atoms with Gasteiger partial charge in [-0.3, -0.25) is 9.59 Å². The fourth-order valence-corrected chi connectivity index (χ4v) is 5.34. The van der Waals surface area contributed by atoms with E-state index in [0.717, 1.165) is 5.56 Å². The highest BCUT2D eigenvalue weighted by atomic mass is 32.2. The maximum atomic E-state index is 13.2. The smallest absolute Gasteiger partial charge is 0.254 e. The number of amides is 1. The van der Waals surface area contributed by atoms with E-state index in [0.29, 0.717) is 16.7 Å². The van der Waals surface area contributed by atoms with Gasteiger partial charge in [0.25, 0.3) is 5.91 Å². The lowest BCUT2D eigenvalue weighted by atomic mass is 9.97. The molecule has 164 valence electrons. The number of benzene rings is 3. The fourth-order valence-electron chi connectivity index (χ4n) is 3.83. The molecular formula is C25H24N2O4S. The number of piperazine rings is 1. The first-order valence-electron chi connectivity index (χ1n) is 10.5. The monoisotopic (exact) mass is 448 g/mol. The number of nitrogens with zero attached hydrogens (tertiary/aromatic N) is 2. The Morgan fingerprint density at radius 1 is 0.688 bits per heavy atom. The zero-order valence-corrected chi connectivity index (χ0v) is 18.4. The Morgan fingerprint density at radius 2 is 1.22 bits per heavy atom. The SMILES string of the molecule is O=C(c1ccccc1)c1ccccc1C(=O)N1CCN(S(=O)(=O)Cc2ccccc2)CC1. The maximum Gasteiger partial charge on any atom is 0.254 e. The topological polar surface area (TPSA) is 74.8 Å². The van der Waals surface area contributed by atoms with Gasteiger partial charge in [0.2, 0.25) is 10.0 Å². The van der Waals surface area contributed by atoms with Crippen molar-refractivity contribution in [3.63, 3.8) is 0 Å². The van der Waals surface area contributed by atoms with Gasteiger partial charge in [-0.2, -0.15) is 4.31 Å². The minimum Gasteiger partial charge on any atom is -0.336 e. The molecule has 3 aromatic rings. The van der Waals surface area contributed by atoms with Crippen LogP contribution in [0.2, 0.25) is 0 Å². The normalized spacial score (nSPS) is 14.8. The Morgan fingerprint density at radius 3 is 1.84 bits per heavy atom. The van der Waals surface area contributed by atoms with Crippen LogP contribution in [-0.2, 0) is 15.8 Å². The molecular weight excluding hydrogens is 424 g/mol. The van der Waals surface area contributed by atoms with Crippen molar-refractivity contribution in [2.24, 2.45) is 0 Å². The summed E-state index contributed by atoms with van der Waals surface area (Å²) in [6.45, 7) is 1.02. The second kappa shape index (κ2) is 9.46. The second-order valence-corrected chi connectivity index (χ2v) is 9.64. The lowest BCUT2D eigenvalue weighted by molar-refractivity contribution is 0.0694. The molecule has 0 unspecified atom stereocenters. The van der Waals surface area contributed by atoms with Gasteiger partial charge in [-0.15, -0.1) is 0 Å². The minimum absolute atomic E-state index is 0.0593. The number of sulfonamides is 1. The quantitative estimate of drug-likeness (QED) is 0.543. The van der Waals surface area contributed by atoms with Gasteiger partial charge in [0.15, 0.2) is 5.78 Å². The van der Waals surface area contributed by atoms with Crippen LogP contribution in [0.15, 0.2) is 84.9 Å². The largest absolute Gasteiger partial charge is 0.336 e. The molecule has 0 aromatic heterocycles. The van der Waals surface area contributed by atoms with E-state index in [4.69, 9.17) is 0 Å². The molecule has 0 bridgehead atoms. The molecule has 0 spiro atoms. The third kappa shape index (κ3) is 4.79. The number of ketones is 1. The molecule has 4 rings (SSSR count). The number of hydrogen-bond donors (Lipinski definition) is 0. The zero-order chi connectivity index (χ0) is 22.6. The van der Waals surface area contributed by atoms with Crippen molar-refractivity contribution in [2.45, 2.75) is 5.75 Å². The van der Waals surface area contributed by atoms with E-state index in [1.165, 1.54) is 4.31 Å². The van der Waals surface area contributed by atoms with Crippen LogP contribution in [0.25, 0.3) is 0 Å². The van der Waals surface area contributed by atoms with Gasteiger partial charge in [-0.25, -0.2) is 8.42 Å². The molecule has 1 aliphatic rings. The van der Waals surface area contributed by atoms with Gasteiger partial charge >= 0.3 is 0 Å². The van der Waals surface area contributed by atoms with E-state index >= 15 is 0 Å². The highest BCUT2D eigenvalue weighted by Gasteiger charge is 2.30. The van der Waals surface area contributed by atoms with E-state index < -0.39 is 10.0 Å². The Labute approximate surface area is 188 Å². The van der Waals surface area contributed by atoms with Gasteiger partial charge in [0.1, 0.15) is 0 Å². The predicted octanol–water partition coefficient (Wildman–Crippen LogP) is 3.21. The van der Waals surface area contributed by atoms with Crippen LogP contribution in [0.5, 0.6) is 0 Å². The van der Waals surface area contributed by atoms with Crippen LogP contribution in [0.3, 0.4) is 0 Å². The summed E-state index contributed by atoms with van der Waals surface area (Å²) in [5, 5.41) is 0. The number of rotatable bonds is 6. The molecule has 0 radical (unpaired) electrons. The van der Waals surface area contributed by atoms with Crippen molar-refractivity contribution in [3.05, 3.63) is 107 Å². The van der Waals surface area contributed by atoms with Crippen molar-refractivity contribution >= 4 is 21.7 Å². The van der Waals surface area contributed by atoms with Crippen LogP contribution in [0.1, 0.15) is 31.8 Å². The fraction of sp³-hybridized carbons (Fsp3) is 0.200. The second-order valence-electron chi connectivity index (χ2n) is 7.67. The highest BCUT2D eigenvalue weighted by molar-refractivity contribution is 7.88. The number of carbonyl (C=O) groups is 2. The number of carbonyl (C=O) groups excluding carboxylic acids is 2. The molecule has 0 atom stereocenters. The van der Waals surface area contributed by atoms with Crippen LogP contribution >= 0.6 is 0 Å². The highest BCUT2D eigenvalue weighted by Crippen LogP contribution is 2.19. The Hall–Kier alpha value is -3.29. The molecule has 0 aliphatic carbocycles. The summed E-state index contributed by atoms with van der Waals surface area (Å²) < 4.78 is 27.0. The van der Waals surface area contributed by atoms with Crippen LogP contribution in [0.4, 0.5) is 0 Å².